The van der Waals surface area contributed by atoms with Gasteiger partial charge in [0, 0.05) is 18.3 Å². The molecule has 0 atom stereocenters. The van der Waals surface area contributed by atoms with Crippen LogP contribution in [0.5, 0.6) is 11.5 Å². The second kappa shape index (κ2) is 7.30. The molecule has 0 saturated carbocycles. The number of halogens is 2. The normalized spacial score (nSPS) is 12.5. The van der Waals surface area contributed by atoms with Crippen molar-refractivity contribution in [3.05, 3.63) is 52.0 Å². The van der Waals surface area contributed by atoms with Gasteiger partial charge in [0.25, 0.3) is 0 Å². The lowest BCUT2D eigenvalue weighted by molar-refractivity contribution is -0.117. The van der Waals surface area contributed by atoms with E-state index in [1.54, 1.807) is 24.3 Å². The molecule has 1 heterocycles. The fourth-order valence-electron chi connectivity index (χ4n) is 2.44. The van der Waals surface area contributed by atoms with Crippen LogP contribution in [0.25, 0.3) is 0 Å². The highest BCUT2D eigenvalue weighted by atomic mass is 35.5. The first-order valence-corrected chi connectivity index (χ1v) is 8.09. The molecule has 0 bridgehead atoms. The fourth-order valence-corrected chi connectivity index (χ4v) is 2.82. The van der Waals surface area contributed by atoms with Crippen LogP contribution in [0.2, 0.25) is 10.0 Å². The molecule has 24 heavy (non-hydrogen) atoms. The summed E-state index contributed by atoms with van der Waals surface area (Å²) in [7, 11) is 1.84. The molecule has 0 radical (unpaired) electrons. The van der Waals surface area contributed by atoms with Crippen LogP contribution in [-0.2, 0) is 11.3 Å². The Balaban J connectivity index is 1.57. The number of benzene rings is 2. The monoisotopic (exact) mass is 366 g/mol. The van der Waals surface area contributed by atoms with Crippen LogP contribution in [-0.4, -0.2) is 31.2 Å². The van der Waals surface area contributed by atoms with E-state index in [1.165, 1.54) is 0 Å². The van der Waals surface area contributed by atoms with E-state index in [4.69, 9.17) is 32.7 Å². The predicted octanol–water partition coefficient (Wildman–Crippen LogP) is 3.79. The number of rotatable bonds is 5. The standard InChI is InChI=1S/C17H16Cl2N2O3/c1-21(8-11-3-2-4-13(18)17(11)19)9-16(22)20-12-5-6-14-15(7-12)24-10-23-14/h2-7H,8-10H2,1H3,(H,20,22). The number of fused-ring (bicyclic) bond motifs is 1. The lowest BCUT2D eigenvalue weighted by atomic mass is 10.2. The molecular formula is C17H16Cl2N2O3. The summed E-state index contributed by atoms with van der Waals surface area (Å²) >= 11 is 12.2. The van der Waals surface area contributed by atoms with Gasteiger partial charge in [0.15, 0.2) is 11.5 Å². The van der Waals surface area contributed by atoms with Crippen LogP contribution < -0.4 is 14.8 Å². The van der Waals surface area contributed by atoms with Gasteiger partial charge in [0.2, 0.25) is 12.7 Å². The van der Waals surface area contributed by atoms with Crippen molar-refractivity contribution in [2.24, 2.45) is 0 Å². The molecule has 1 aliphatic heterocycles. The van der Waals surface area contributed by atoms with Crippen LogP contribution in [0, 0.1) is 0 Å². The largest absolute Gasteiger partial charge is 0.454 e. The topological polar surface area (TPSA) is 50.8 Å². The molecule has 1 amide bonds. The number of carbonyl (C=O) groups excluding carboxylic acids is 1. The third-order valence-corrected chi connectivity index (χ3v) is 4.40. The maximum absolute atomic E-state index is 12.2. The van der Waals surface area contributed by atoms with E-state index in [-0.39, 0.29) is 19.2 Å². The van der Waals surface area contributed by atoms with Gasteiger partial charge in [-0.3, -0.25) is 9.69 Å². The zero-order valence-electron chi connectivity index (χ0n) is 13.0. The van der Waals surface area contributed by atoms with E-state index in [1.807, 2.05) is 24.1 Å². The van der Waals surface area contributed by atoms with E-state index >= 15 is 0 Å². The van der Waals surface area contributed by atoms with E-state index in [9.17, 15) is 4.79 Å². The van der Waals surface area contributed by atoms with Gasteiger partial charge in [0.1, 0.15) is 0 Å². The summed E-state index contributed by atoms with van der Waals surface area (Å²) in [6, 6.07) is 10.8. The van der Waals surface area contributed by atoms with Crippen molar-refractivity contribution >= 4 is 34.8 Å². The van der Waals surface area contributed by atoms with Crippen molar-refractivity contribution in [3.8, 4) is 11.5 Å². The van der Waals surface area contributed by atoms with E-state index in [0.29, 0.717) is 33.8 Å². The molecule has 1 aliphatic rings. The molecule has 2 aromatic rings. The van der Waals surface area contributed by atoms with Crippen molar-refractivity contribution in [1.82, 2.24) is 4.90 Å². The molecule has 126 valence electrons. The molecule has 0 aromatic heterocycles. The van der Waals surface area contributed by atoms with Crippen LogP contribution >= 0.6 is 23.2 Å². The number of carbonyl (C=O) groups is 1. The van der Waals surface area contributed by atoms with Gasteiger partial charge < -0.3 is 14.8 Å². The highest BCUT2D eigenvalue weighted by Crippen LogP contribution is 2.34. The van der Waals surface area contributed by atoms with Gasteiger partial charge >= 0.3 is 0 Å². The first-order chi connectivity index (χ1) is 11.5. The van der Waals surface area contributed by atoms with Crippen LogP contribution in [0.4, 0.5) is 5.69 Å². The summed E-state index contributed by atoms with van der Waals surface area (Å²) in [5.41, 5.74) is 1.54. The smallest absolute Gasteiger partial charge is 0.238 e. The Morgan fingerprint density at radius 3 is 2.83 bits per heavy atom. The van der Waals surface area contributed by atoms with Crippen molar-refractivity contribution in [3.63, 3.8) is 0 Å². The third-order valence-electron chi connectivity index (χ3n) is 3.54. The number of nitrogens with zero attached hydrogens (tertiary/aromatic N) is 1. The van der Waals surface area contributed by atoms with E-state index in [2.05, 4.69) is 5.32 Å². The van der Waals surface area contributed by atoms with Gasteiger partial charge in [-0.1, -0.05) is 35.3 Å². The van der Waals surface area contributed by atoms with E-state index < -0.39 is 0 Å². The van der Waals surface area contributed by atoms with Crippen LogP contribution in [0.3, 0.4) is 0 Å². The molecule has 0 saturated heterocycles. The Kier molecular flexibility index (Phi) is 5.14. The lowest BCUT2D eigenvalue weighted by Gasteiger charge is -2.17. The number of ether oxygens (including phenoxy) is 2. The molecule has 1 N–H and O–H groups in total. The molecular weight excluding hydrogens is 351 g/mol. The predicted molar refractivity (Wildman–Crippen MR) is 94.0 cm³/mol. The Morgan fingerprint density at radius 2 is 2.00 bits per heavy atom. The molecule has 3 rings (SSSR count). The maximum atomic E-state index is 12.2. The molecule has 5 nitrogen and oxygen atoms in total. The number of nitrogens with one attached hydrogen (secondary N) is 1. The Labute approximate surface area is 150 Å². The van der Waals surface area contributed by atoms with Crippen molar-refractivity contribution in [2.75, 3.05) is 25.7 Å². The Bertz CT molecular complexity index is 767. The first kappa shape index (κ1) is 16.9. The van der Waals surface area contributed by atoms with Gasteiger partial charge in [-0.25, -0.2) is 0 Å². The first-order valence-electron chi connectivity index (χ1n) is 7.34. The average Bonchev–Trinajstić information content (AvgIpc) is 2.99. The molecule has 0 aliphatic carbocycles. The molecule has 2 aromatic carbocycles. The van der Waals surface area contributed by atoms with E-state index in [0.717, 1.165) is 5.56 Å². The SMILES string of the molecule is CN(CC(=O)Nc1ccc2c(c1)OCO2)Cc1cccc(Cl)c1Cl. The minimum Gasteiger partial charge on any atom is -0.454 e. The number of amides is 1. The highest BCUT2D eigenvalue weighted by Gasteiger charge is 2.15. The quantitative estimate of drug-likeness (QED) is 0.874. The number of likely N-dealkylation sites (N-methyl/N-ethyl adjacent to an activating group) is 1. The van der Waals surface area contributed by atoms with Crippen molar-refractivity contribution in [2.45, 2.75) is 6.54 Å². The second-order valence-electron chi connectivity index (χ2n) is 5.50. The zero-order chi connectivity index (χ0) is 17.1. The lowest BCUT2D eigenvalue weighted by Crippen LogP contribution is -2.29. The molecule has 0 spiro atoms. The molecule has 0 unspecified atom stereocenters. The average molecular weight is 367 g/mol. The number of anilines is 1. The fraction of sp³-hybridized carbons (Fsp3) is 0.235. The minimum absolute atomic E-state index is 0.130. The summed E-state index contributed by atoms with van der Waals surface area (Å²) in [6.07, 6.45) is 0. The summed E-state index contributed by atoms with van der Waals surface area (Å²) in [5.74, 6) is 1.18. The summed E-state index contributed by atoms with van der Waals surface area (Å²) in [4.78, 5) is 14.0. The van der Waals surface area contributed by atoms with Crippen molar-refractivity contribution in [1.29, 1.82) is 0 Å². The van der Waals surface area contributed by atoms with Gasteiger partial charge in [-0.2, -0.15) is 0 Å². The summed E-state index contributed by atoms with van der Waals surface area (Å²) in [6.45, 7) is 0.946. The van der Waals surface area contributed by atoms with Crippen molar-refractivity contribution < 1.29 is 14.3 Å². The summed E-state index contributed by atoms with van der Waals surface area (Å²) in [5, 5.41) is 3.86. The minimum atomic E-state index is -0.130. The Morgan fingerprint density at radius 1 is 1.21 bits per heavy atom. The molecule has 0 fully saturated rings. The Hall–Kier alpha value is -1.95. The zero-order valence-corrected chi connectivity index (χ0v) is 14.5. The third kappa shape index (κ3) is 3.93. The second-order valence-corrected chi connectivity index (χ2v) is 6.29. The maximum Gasteiger partial charge on any atom is 0.238 e. The number of hydrogen-bond acceptors (Lipinski definition) is 4. The highest BCUT2D eigenvalue weighted by molar-refractivity contribution is 6.42. The van der Waals surface area contributed by atoms with Gasteiger partial charge in [0.05, 0.1) is 16.6 Å². The number of hydrogen-bond donors (Lipinski definition) is 1. The van der Waals surface area contributed by atoms with Gasteiger partial charge in [-0.15, -0.1) is 0 Å². The summed E-state index contributed by atoms with van der Waals surface area (Å²) < 4.78 is 10.5. The molecule has 7 heteroatoms. The van der Waals surface area contributed by atoms with Gasteiger partial charge in [-0.05, 0) is 30.8 Å². The van der Waals surface area contributed by atoms with Crippen LogP contribution in [0.15, 0.2) is 36.4 Å². The van der Waals surface area contributed by atoms with Crippen LogP contribution in [0.1, 0.15) is 5.56 Å².